The molecule has 85 heavy (non-hydrogen) atoms. The van der Waals surface area contributed by atoms with Crippen LogP contribution in [0.5, 0.6) is 11.5 Å². The second kappa shape index (κ2) is 29.6. The number of hydrogen-bond acceptors (Lipinski definition) is 25. The number of nitriles is 1. The van der Waals surface area contributed by atoms with Crippen LogP contribution in [-0.4, -0.2) is 88.2 Å². The maximum Gasteiger partial charge on any atom is 0.346 e. The van der Waals surface area contributed by atoms with E-state index in [1.807, 2.05) is 6.07 Å². The number of aromatic nitrogens is 2. The number of aliphatic carboxylic acids is 1. The Balaban J connectivity index is 0.000000255. The third-order valence-corrected chi connectivity index (χ3v) is 17.6. The number of anilines is 1. The lowest BCUT2D eigenvalue weighted by molar-refractivity contribution is -0.388. The Kier molecular flexibility index (Phi) is 24.1. The third kappa shape index (κ3) is 18.6. The fourth-order valence-corrected chi connectivity index (χ4v) is 12.8. The molecule has 6 aromatic carbocycles. The predicted molar refractivity (Wildman–Crippen MR) is 322 cm³/mol. The number of nitrogen functional groups attached to an aromatic ring is 1. The highest BCUT2D eigenvalue weighted by Crippen LogP contribution is 2.35. The second-order valence-corrected chi connectivity index (χ2v) is 26.1. The van der Waals surface area contributed by atoms with Crippen LogP contribution >= 0.6 is 68.3 Å². The fraction of sp³-hybridized carbons (Fsp3) is 0.163. The Morgan fingerprint density at radius 1 is 0.647 bits per heavy atom. The van der Waals surface area contributed by atoms with Gasteiger partial charge in [0.05, 0.1) is 45.5 Å². The number of aliphatic imine (C=N–C) groups is 1. The zero-order valence-electron chi connectivity index (χ0n) is 43.0. The topological polar surface area (TPSA) is 419 Å². The lowest BCUT2D eigenvalue weighted by Gasteiger charge is -2.08. The molecule has 1 aliphatic rings. The number of thioether (sulfide) groups is 1. The molecule has 0 fully saturated rings. The van der Waals surface area contributed by atoms with Crippen LogP contribution in [0.15, 0.2) is 129 Å². The van der Waals surface area contributed by atoms with Crippen LogP contribution < -0.4 is 14.1 Å². The molecule has 0 bridgehead atoms. The number of thiazole rings is 2. The number of nitrogens with two attached hydrogens (primary N) is 1. The SMILES string of the molecule is C.Cc1ccc(N)c([N+](=O)[O-])c1.Cc1ccc(S(=O)(=O)Cl)c([N+](=O)[O-])c1.Cc1ccc(S(=O)(=O)Oc2ccc3nc(C#N)sc3c2)c([N+](=O)[O-])c1.Cc1ccc(S(=O)(=O)Oc2ccc3nc(C4=N[C@@H](C(=O)O)CS4)sc3c2)c([N+](=O)[O-])c1.ClCCl. The van der Waals surface area contributed by atoms with Crippen LogP contribution in [0.25, 0.3) is 20.4 Å². The predicted octanol–water partition coefficient (Wildman–Crippen LogP) is 11.8. The van der Waals surface area contributed by atoms with Gasteiger partial charge in [0, 0.05) is 52.8 Å². The van der Waals surface area contributed by atoms with Gasteiger partial charge in [-0.1, -0.05) is 31.7 Å². The van der Waals surface area contributed by atoms with E-state index in [9.17, 15) is 70.5 Å². The fourth-order valence-electron chi connectivity index (χ4n) is 6.76. The first kappa shape index (κ1) is 69.3. The lowest BCUT2D eigenvalue weighted by atomic mass is 10.2. The van der Waals surface area contributed by atoms with Gasteiger partial charge in [0.25, 0.3) is 31.8 Å². The number of fused-ring (bicyclic) bond motifs is 2. The van der Waals surface area contributed by atoms with Gasteiger partial charge in [-0.05, 0) is 98.5 Å². The molecule has 36 heteroatoms. The molecule has 0 amide bonds. The summed E-state index contributed by atoms with van der Waals surface area (Å²) in [5, 5.41) is 62.6. The lowest BCUT2D eigenvalue weighted by Crippen LogP contribution is -2.17. The summed E-state index contributed by atoms with van der Waals surface area (Å²) < 4.78 is 83.4. The molecule has 1 atom stereocenters. The van der Waals surface area contributed by atoms with Crippen molar-refractivity contribution in [3.05, 3.63) is 182 Å². The standard InChI is InChI=1S/C18H13N3O7S3.C15H9N3O5S2.C7H6ClNO4S.C7H8N2O2.CH2Cl2.CH4/c1-9-2-5-15(13(6-9)21(24)25)31(26,27)28-10-3-4-11-14(7-10)30-17(19-11)16-20-12(8-29-16)18(22)23;1-9-2-5-14(12(6-9)18(19)20)25(21,22)23-10-3-4-11-13(7-10)24-15(8-16)17-11;1-5-2-3-7(14(8,12)13)6(4-5)9(10)11;1-5-2-3-6(8)7(4-5)9(10)11;2-1-3;/h2-7,12H,8H2,1H3,(H,22,23);2-7H,1H3;2-4H,1H3;2-4H,8H2,1H3;1H2;1H4/t12-;;;;;/m1...../s1. The largest absolute Gasteiger partial charge is 0.480 e. The van der Waals surface area contributed by atoms with Crippen LogP contribution in [-0.2, 0) is 34.1 Å². The van der Waals surface area contributed by atoms with Gasteiger partial charge in [0.1, 0.15) is 33.3 Å². The number of carboxylic acids is 1. The van der Waals surface area contributed by atoms with Gasteiger partial charge in [0.15, 0.2) is 25.7 Å². The number of aryl methyl sites for hydroxylation is 4. The summed E-state index contributed by atoms with van der Waals surface area (Å²) in [6, 6.07) is 25.8. The number of rotatable bonds is 13. The summed E-state index contributed by atoms with van der Waals surface area (Å²) in [7, 11) is -7.88. The Morgan fingerprint density at radius 2 is 1.04 bits per heavy atom. The zero-order valence-corrected chi connectivity index (χ0v) is 50.2. The highest BCUT2D eigenvalue weighted by atomic mass is 35.7. The molecule has 0 radical (unpaired) electrons. The van der Waals surface area contributed by atoms with E-state index < -0.39 is 92.7 Å². The normalized spacial score (nSPS) is 12.5. The molecule has 2 aromatic heterocycles. The van der Waals surface area contributed by atoms with E-state index in [4.69, 9.17) is 58.4 Å². The summed E-state index contributed by atoms with van der Waals surface area (Å²) in [6.45, 7) is 6.64. The molecule has 0 spiro atoms. The summed E-state index contributed by atoms with van der Waals surface area (Å²) in [4.78, 5) is 62.5. The first-order valence-electron chi connectivity index (χ1n) is 22.6. The Labute approximate surface area is 509 Å². The van der Waals surface area contributed by atoms with Crippen molar-refractivity contribution in [3.8, 4) is 17.6 Å². The number of benzene rings is 6. The summed E-state index contributed by atoms with van der Waals surface area (Å²) in [5.41, 5.74) is 7.55. The van der Waals surface area contributed by atoms with Crippen molar-refractivity contribution >= 4 is 157 Å². The molecule has 3 heterocycles. The minimum Gasteiger partial charge on any atom is -0.480 e. The number of hydrogen-bond donors (Lipinski definition) is 2. The van der Waals surface area contributed by atoms with E-state index in [0.717, 1.165) is 41.2 Å². The van der Waals surface area contributed by atoms with Crippen molar-refractivity contribution in [2.45, 2.75) is 55.8 Å². The molecule has 9 rings (SSSR count). The quantitative estimate of drug-likeness (QED) is 0.0270. The Hall–Kier alpha value is -8.20. The van der Waals surface area contributed by atoms with E-state index >= 15 is 0 Å². The van der Waals surface area contributed by atoms with E-state index in [1.54, 1.807) is 39.8 Å². The van der Waals surface area contributed by atoms with Gasteiger partial charge in [0.2, 0.25) is 0 Å². The molecule has 0 saturated carbocycles. The van der Waals surface area contributed by atoms with Crippen molar-refractivity contribution in [1.82, 2.24) is 9.97 Å². The molecule has 1 aliphatic heterocycles. The van der Waals surface area contributed by atoms with Crippen molar-refractivity contribution in [1.29, 1.82) is 5.26 Å². The Morgan fingerprint density at radius 3 is 1.42 bits per heavy atom. The first-order chi connectivity index (χ1) is 39.3. The number of carboxylic acid groups (broad SMARTS) is 1. The van der Waals surface area contributed by atoms with E-state index in [-0.39, 0.29) is 40.6 Å². The number of nitro groups is 4. The van der Waals surface area contributed by atoms with Gasteiger partial charge in [-0.15, -0.1) is 57.6 Å². The molecule has 3 N–H and O–H groups in total. The second-order valence-electron chi connectivity index (χ2n) is 16.6. The first-order valence-corrected chi connectivity index (χ1v) is 31.5. The van der Waals surface area contributed by atoms with Crippen molar-refractivity contribution in [2.75, 3.05) is 16.8 Å². The summed E-state index contributed by atoms with van der Waals surface area (Å²) in [6.07, 6.45) is 0. The molecule has 0 saturated heterocycles. The van der Waals surface area contributed by atoms with Crippen LogP contribution in [0.3, 0.4) is 0 Å². The monoisotopic (exact) mass is 1340 g/mol. The van der Waals surface area contributed by atoms with Gasteiger partial charge in [-0.3, -0.25) is 45.4 Å². The molecular weight excluding hydrogens is 1300 g/mol. The molecule has 0 unspecified atom stereocenters. The van der Waals surface area contributed by atoms with Crippen LogP contribution in [0, 0.1) is 79.5 Å². The van der Waals surface area contributed by atoms with E-state index in [2.05, 4.69) is 15.0 Å². The summed E-state index contributed by atoms with van der Waals surface area (Å²) >= 11 is 13.1. The van der Waals surface area contributed by atoms with Crippen LogP contribution in [0.4, 0.5) is 28.4 Å². The van der Waals surface area contributed by atoms with Gasteiger partial charge < -0.3 is 19.2 Å². The van der Waals surface area contributed by atoms with Crippen molar-refractivity contribution in [2.24, 2.45) is 4.99 Å². The average Bonchev–Trinajstić information content (AvgIpc) is 3.26. The zero-order chi connectivity index (χ0) is 62.6. The molecule has 27 nitrogen and oxygen atoms in total. The van der Waals surface area contributed by atoms with E-state index in [1.165, 1.54) is 95.9 Å². The number of carbonyl (C=O) groups is 1. The average molecular weight is 1340 g/mol. The van der Waals surface area contributed by atoms with Gasteiger partial charge >= 0.3 is 26.2 Å². The number of alkyl halides is 2. The minimum absolute atomic E-state index is 0. The number of nitrogens with zero attached hydrogens (tertiary/aromatic N) is 8. The summed E-state index contributed by atoms with van der Waals surface area (Å²) in [5.74, 6) is -0.727. The molecule has 8 aromatic rings. The third-order valence-electron chi connectivity index (χ3n) is 10.5. The van der Waals surface area contributed by atoms with Crippen molar-refractivity contribution in [3.63, 3.8) is 0 Å². The van der Waals surface area contributed by atoms with E-state index in [0.29, 0.717) is 52.9 Å². The maximum atomic E-state index is 12.7. The van der Waals surface area contributed by atoms with Crippen LogP contribution in [0.1, 0.15) is 39.7 Å². The molecule has 0 aliphatic carbocycles. The van der Waals surface area contributed by atoms with Gasteiger partial charge in [-0.25, -0.2) is 23.2 Å². The van der Waals surface area contributed by atoms with Crippen molar-refractivity contribution < 1.29 is 63.2 Å². The number of nitro benzene ring substituents is 4. The smallest absolute Gasteiger partial charge is 0.346 e. The molecule has 448 valence electrons. The van der Waals surface area contributed by atoms with Crippen LogP contribution in [0.2, 0.25) is 0 Å². The maximum absolute atomic E-state index is 12.7. The number of halogens is 3. The highest BCUT2D eigenvalue weighted by molar-refractivity contribution is 8.15. The minimum atomic E-state index is -4.45. The highest BCUT2D eigenvalue weighted by Gasteiger charge is 2.31. The van der Waals surface area contributed by atoms with Gasteiger partial charge in [-0.2, -0.15) is 22.1 Å². The Bertz CT molecular complexity index is 4330. The molecular formula is C49H42Cl3N9O18S6.